The van der Waals surface area contributed by atoms with E-state index in [9.17, 15) is 0 Å². The highest BCUT2D eigenvalue weighted by Gasteiger charge is 2.17. The molecule has 0 aliphatic carbocycles. The van der Waals surface area contributed by atoms with Gasteiger partial charge in [-0.2, -0.15) is 5.10 Å². The molecule has 0 aromatic carbocycles. The summed E-state index contributed by atoms with van der Waals surface area (Å²) in [5.41, 5.74) is 10.5. The maximum absolute atomic E-state index is 5.36. The predicted octanol–water partition coefficient (Wildman–Crippen LogP) is 0.0940. The second-order valence-corrected chi connectivity index (χ2v) is 5.57. The Hall–Kier alpha value is -1.80. The van der Waals surface area contributed by atoms with Crippen molar-refractivity contribution in [2.45, 2.75) is 13.8 Å². The number of nitrogens with two attached hydrogens (primary N) is 1. The smallest absolute Gasteiger partial charge is 0.225 e. The number of rotatable bonds is 3. The molecule has 21 heavy (non-hydrogen) atoms. The van der Waals surface area contributed by atoms with Gasteiger partial charge in [-0.3, -0.25) is 5.43 Å². The van der Waals surface area contributed by atoms with Gasteiger partial charge in [0, 0.05) is 37.9 Å². The molecule has 1 fully saturated rings. The van der Waals surface area contributed by atoms with Gasteiger partial charge in [0.15, 0.2) is 5.11 Å². The summed E-state index contributed by atoms with van der Waals surface area (Å²) in [6.45, 7) is 7.78. The van der Waals surface area contributed by atoms with Gasteiger partial charge in [0.25, 0.3) is 0 Å². The highest BCUT2D eigenvalue weighted by molar-refractivity contribution is 7.80. The molecule has 1 aromatic rings. The summed E-state index contributed by atoms with van der Waals surface area (Å²) < 4.78 is 0. The minimum Gasteiger partial charge on any atom is -0.375 e. The number of nitrogens with zero attached hydrogens (tertiary/aromatic N) is 5. The van der Waals surface area contributed by atoms with E-state index in [1.807, 2.05) is 13.8 Å². The van der Waals surface area contributed by atoms with Crippen LogP contribution in [0.25, 0.3) is 0 Å². The number of aromatic nitrogens is 2. The molecule has 0 amide bonds. The van der Waals surface area contributed by atoms with E-state index in [1.54, 1.807) is 6.20 Å². The van der Waals surface area contributed by atoms with Gasteiger partial charge in [-0.05, 0) is 33.1 Å². The van der Waals surface area contributed by atoms with Crippen molar-refractivity contribution in [2.75, 3.05) is 38.1 Å². The normalized spacial score (nSPS) is 16.9. The Balaban J connectivity index is 2.14. The fourth-order valence-corrected chi connectivity index (χ4v) is 2.21. The number of thiocarbonyl (C=S) groups is 1. The molecule has 8 heteroatoms. The number of hydrogen-bond donors (Lipinski definition) is 2. The van der Waals surface area contributed by atoms with E-state index in [0.717, 1.165) is 49.1 Å². The van der Waals surface area contributed by atoms with Gasteiger partial charge >= 0.3 is 0 Å². The van der Waals surface area contributed by atoms with E-state index in [4.69, 9.17) is 18.0 Å². The van der Waals surface area contributed by atoms with Crippen molar-refractivity contribution >= 4 is 29.0 Å². The summed E-state index contributed by atoms with van der Waals surface area (Å²) in [5.74, 6) is 0.777. The third-order valence-electron chi connectivity index (χ3n) is 3.48. The van der Waals surface area contributed by atoms with Crippen LogP contribution < -0.4 is 16.1 Å². The van der Waals surface area contributed by atoms with Crippen molar-refractivity contribution in [3.63, 3.8) is 0 Å². The largest absolute Gasteiger partial charge is 0.375 e. The summed E-state index contributed by atoms with van der Waals surface area (Å²) in [7, 11) is 2.13. The Morgan fingerprint density at radius 2 is 2.05 bits per heavy atom. The molecule has 1 saturated heterocycles. The van der Waals surface area contributed by atoms with E-state index in [0.29, 0.717) is 0 Å². The van der Waals surface area contributed by atoms with Gasteiger partial charge in [-0.15, -0.1) is 0 Å². The minimum atomic E-state index is 0.141. The summed E-state index contributed by atoms with van der Waals surface area (Å²) in [5, 5.41) is 4.25. The predicted molar refractivity (Wildman–Crippen MR) is 88.6 cm³/mol. The van der Waals surface area contributed by atoms with Crippen LogP contribution >= 0.6 is 12.2 Å². The van der Waals surface area contributed by atoms with Crippen LogP contribution in [0, 0.1) is 6.92 Å². The topological polar surface area (TPSA) is 82.7 Å². The van der Waals surface area contributed by atoms with Gasteiger partial charge < -0.3 is 15.5 Å². The summed E-state index contributed by atoms with van der Waals surface area (Å²) >= 11 is 4.73. The maximum atomic E-state index is 5.36. The number of anilines is 1. The van der Waals surface area contributed by atoms with Crippen LogP contribution in [0.1, 0.15) is 18.2 Å². The van der Waals surface area contributed by atoms with Crippen molar-refractivity contribution in [1.82, 2.24) is 20.3 Å². The Kier molecular flexibility index (Phi) is 5.03. The van der Waals surface area contributed by atoms with Gasteiger partial charge in [0.2, 0.25) is 5.95 Å². The molecule has 7 nitrogen and oxygen atoms in total. The SMILES string of the molecule is CC(=NNC(N)=S)c1cnc(N2CCN(C)CC2)nc1C. The van der Waals surface area contributed by atoms with E-state index < -0.39 is 0 Å². The van der Waals surface area contributed by atoms with E-state index in [-0.39, 0.29) is 5.11 Å². The lowest BCUT2D eigenvalue weighted by Crippen LogP contribution is -2.45. The van der Waals surface area contributed by atoms with Gasteiger partial charge in [-0.1, -0.05) is 0 Å². The fraction of sp³-hybridized carbons (Fsp3) is 0.538. The molecule has 1 aliphatic rings. The maximum Gasteiger partial charge on any atom is 0.225 e. The van der Waals surface area contributed by atoms with Gasteiger partial charge in [0.05, 0.1) is 11.4 Å². The number of hydrogen-bond acceptors (Lipinski definition) is 6. The van der Waals surface area contributed by atoms with Crippen LogP contribution in [0.2, 0.25) is 0 Å². The van der Waals surface area contributed by atoms with Crippen LogP contribution in [-0.2, 0) is 0 Å². The molecule has 0 spiro atoms. The molecule has 2 rings (SSSR count). The first-order valence-corrected chi connectivity index (χ1v) is 7.25. The first kappa shape index (κ1) is 15.6. The Labute approximate surface area is 130 Å². The first-order valence-electron chi connectivity index (χ1n) is 6.84. The highest BCUT2D eigenvalue weighted by Crippen LogP contribution is 2.13. The van der Waals surface area contributed by atoms with Crippen molar-refractivity contribution in [2.24, 2.45) is 10.8 Å². The molecule has 0 unspecified atom stereocenters. The monoisotopic (exact) mass is 307 g/mol. The molecular formula is C13H21N7S. The van der Waals surface area contributed by atoms with Crippen molar-refractivity contribution in [1.29, 1.82) is 0 Å². The van der Waals surface area contributed by atoms with Crippen molar-refractivity contribution < 1.29 is 0 Å². The zero-order valence-corrected chi connectivity index (χ0v) is 13.4. The standard InChI is InChI=1S/C13H21N7S/c1-9-11(10(2)17-18-12(14)21)8-15-13(16-9)20-6-4-19(3)5-7-20/h8H,4-7H2,1-3H3,(H3,14,18,21). The lowest BCUT2D eigenvalue weighted by molar-refractivity contribution is 0.311. The van der Waals surface area contributed by atoms with Crippen molar-refractivity contribution in [3.8, 4) is 0 Å². The number of likely N-dealkylation sites (N-methyl/N-ethyl adjacent to an activating group) is 1. The van der Waals surface area contributed by atoms with Crippen LogP contribution in [0.5, 0.6) is 0 Å². The minimum absolute atomic E-state index is 0.141. The first-order chi connectivity index (χ1) is 9.97. The van der Waals surface area contributed by atoms with Crippen LogP contribution in [0.15, 0.2) is 11.3 Å². The zero-order valence-electron chi connectivity index (χ0n) is 12.6. The third kappa shape index (κ3) is 4.08. The molecule has 1 aromatic heterocycles. The molecule has 0 saturated carbocycles. The Morgan fingerprint density at radius 3 is 2.62 bits per heavy atom. The number of hydrazone groups is 1. The lowest BCUT2D eigenvalue weighted by atomic mass is 10.2. The van der Waals surface area contributed by atoms with Crippen LogP contribution in [0.3, 0.4) is 0 Å². The van der Waals surface area contributed by atoms with E-state index >= 15 is 0 Å². The molecule has 0 radical (unpaired) electrons. The Morgan fingerprint density at radius 1 is 1.38 bits per heavy atom. The third-order valence-corrected chi connectivity index (χ3v) is 3.57. The average molecular weight is 307 g/mol. The quantitative estimate of drug-likeness (QED) is 0.465. The second kappa shape index (κ2) is 6.77. The molecule has 0 atom stereocenters. The van der Waals surface area contributed by atoms with E-state index in [2.05, 4.69) is 37.3 Å². The molecular weight excluding hydrogens is 286 g/mol. The molecule has 0 bridgehead atoms. The van der Waals surface area contributed by atoms with E-state index in [1.165, 1.54) is 0 Å². The van der Waals surface area contributed by atoms with Gasteiger partial charge in [-0.25, -0.2) is 9.97 Å². The highest BCUT2D eigenvalue weighted by atomic mass is 32.1. The molecule has 3 N–H and O–H groups in total. The number of aryl methyl sites for hydroxylation is 1. The Bertz CT molecular complexity index is 549. The summed E-state index contributed by atoms with van der Waals surface area (Å²) in [6.07, 6.45) is 1.80. The summed E-state index contributed by atoms with van der Waals surface area (Å²) in [6, 6.07) is 0. The van der Waals surface area contributed by atoms with Crippen LogP contribution in [-0.4, -0.2) is 58.9 Å². The molecule has 2 heterocycles. The molecule has 1 aliphatic heterocycles. The van der Waals surface area contributed by atoms with Crippen LogP contribution in [0.4, 0.5) is 5.95 Å². The number of nitrogens with one attached hydrogen (secondary N) is 1. The molecule has 114 valence electrons. The van der Waals surface area contributed by atoms with Gasteiger partial charge in [0.1, 0.15) is 0 Å². The lowest BCUT2D eigenvalue weighted by Gasteiger charge is -2.32. The average Bonchev–Trinajstić information content (AvgIpc) is 2.45. The fourth-order valence-electron chi connectivity index (χ4n) is 2.17. The van der Waals surface area contributed by atoms with Crippen molar-refractivity contribution in [3.05, 3.63) is 17.5 Å². The summed E-state index contributed by atoms with van der Waals surface area (Å²) in [4.78, 5) is 13.6. The second-order valence-electron chi connectivity index (χ2n) is 5.13. The zero-order chi connectivity index (χ0) is 15.4. The number of piperazine rings is 1.